The summed E-state index contributed by atoms with van der Waals surface area (Å²) in [5.41, 5.74) is 4.78. The summed E-state index contributed by atoms with van der Waals surface area (Å²) in [5.74, 6) is 0.0302. The molecule has 0 saturated heterocycles. The zero-order valence-corrected chi connectivity index (χ0v) is 23.3. The Morgan fingerprint density at radius 1 is 1.19 bits per heavy atom. The van der Waals surface area contributed by atoms with Gasteiger partial charge >= 0.3 is 6.09 Å². The minimum Gasteiger partial charge on any atom is -0.453 e. The number of H-pyrrole nitrogens is 1. The topological polar surface area (TPSA) is 172 Å². The summed E-state index contributed by atoms with van der Waals surface area (Å²) in [6.45, 7) is 2.60. The highest BCUT2D eigenvalue weighted by molar-refractivity contribution is 5.98. The van der Waals surface area contributed by atoms with Crippen LogP contribution in [0.5, 0.6) is 0 Å². The molecule has 4 N–H and O–H groups in total. The lowest BCUT2D eigenvalue weighted by Gasteiger charge is -2.22. The summed E-state index contributed by atoms with van der Waals surface area (Å²) in [4.78, 5) is 47.4. The first-order valence-electron chi connectivity index (χ1n) is 13.1. The Morgan fingerprint density at radius 2 is 2.05 bits per heavy atom. The monoisotopic (exact) mass is 570 g/mol. The van der Waals surface area contributed by atoms with Crippen LogP contribution in [0, 0.1) is 6.92 Å². The third-order valence-corrected chi connectivity index (χ3v) is 6.66. The average molecular weight is 571 g/mol. The fourth-order valence-corrected chi connectivity index (χ4v) is 4.59. The number of anilines is 2. The number of hydrogen-bond acceptors (Lipinski definition) is 9. The number of tetrazole rings is 1. The van der Waals surface area contributed by atoms with E-state index in [0.717, 1.165) is 16.8 Å². The van der Waals surface area contributed by atoms with Crippen molar-refractivity contribution in [3.05, 3.63) is 71.9 Å². The van der Waals surface area contributed by atoms with Gasteiger partial charge in [0.05, 0.1) is 43.0 Å². The van der Waals surface area contributed by atoms with Crippen LogP contribution in [0.1, 0.15) is 29.4 Å². The quantitative estimate of drug-likeness (QED) is 0.263. The SMILES string of the molecule is COC(=O)Nc1ccc2c(c1)NC(=O)CN(C)CC[C@H](NC(=O)/C=C/c1cc(C)ccc1-n1cnnn1)c1ncc-2[nH]1. The molecular weight excluding hydrogens is 540 g/mol. The molecule has 1 aliphatic rings. The standard InChI is InChI=1S/C28H30N10O4/c1-17-4-8-24(38-16-30-35-36-38)18(12-17)5-9-25(39)32-21-10-11-37(2)15-26(40)33-22-13-19(31-28(41)42-3)6-7-20(22)23-14-29-27(21)34-23/h4-9,12-14,16,21H,10-11,15H2,1-3H3,(H,29,34)(H,31,41)(H,32,39)(H,33,40)/b9-5+/t21-/m0/s1. The minimum atomic E-state index is -0.625. The van der Waals surface area contributed by atoms with Crippen molar-refractivity contribution in [2.24, 2.45) is 0 Å². The van der Waals surface area contributed by atoms with Crippen LogP contribution in [0.15, 0.2) is 55.0 Å². The number of likely N-dealkylation sites (N-methyl/N-ethyl adjacent to an activating group) is 1. The summed E-state index contributed by atoms with van der Waals surface area (Å²) < 4.78 is 6.21. The van der Waals surface area contributed by atoms with Crippen LogP contribution in [-0.2, 0) is 14.3 Å². The summed E-state index contributed by atoms with van der Waals surface area (Å²) in [7, 11) is 3.10. The number of imidazole rings is 1. The van der Waals surface area contributed by atoms with Gasteiger partial charge in [0.2, 0.25) is 11.8 Å². The Morgan fingerprint density at radius 3 is 2.83 bits per heavy atom. The summed E-state index contributed by atoms with van der Waals surface area (Å²) in [6, 6.07) is 10.4. The van der Waals surface area contributed by atoms with Crippen LogP contribution in [0.2, 0.25) is 0 Å². The van der Waals surface area contributed by atoms with E-state index in [1.54, 1.807) is 30.5 Å². The van der Waals surface area contributed by atoms with Crippen LogP contribution >= 0.6 is 0 Å². The van der Waals surface area contributed by atoms with Gasteiger partial charge in [-0.2, -0.15) is 4.68 Å². The maximum absolute atomic E-state index is 13.1. The number of aromatic amines is 1. The Bertz CT molecular complexity index is 1630. The highest BCUT2D eigenvalue weighted by atomic mass is 16.5. The predicted molar refractivity (Wildman–Crippen MR) is 155 cm³/mol. The van der Waals surface area contributed by atoms with E-state index < -0.39 is 12.1 Å². The minimum absolute atomic E-state index is 0.126. The lowest BCUT2D eigenvalue weighted by Crippen LogP contribution is -2.35. The number of nitrogens with zero attached hydrogens (tertiary/aromatic N) is 6. The number of carbonyl (C=O) groups is 3. The molecule has 0 saturated carbocycles. The molecule has 14 heteroatoms. The first kappa shape index (κ1) is 28.2. The molecule has 14 nitrogen and oxygen atoms in total. The number of hydrogen-bond donors (Lipinski definition) is 4. The molecule has 1 atom stereocenters. The van der Waals surface area contributed by atoms with Crippen molar-refractivity contribution < 1.29 is 19.1 Å². The second kappa shape index (κ2) is 12.4. The van der Waals surface area contributed by atoms with Crippen LogP contribution in [0.25, 0.3) is 23.0 Å². The van der Waals surface area contributed by atoms with Gasteiger partial charge in [-0.05, 0) is 67.2 Å². The van der Waals surface area contributed by atoms with E-state index in [-0.39, 0.29) is 18.4 Å². The third kappa shape index (κ3) is 6.67. The molecule has 2 aromatic carbocycles. The molecule has 4 aromatic rings. The molecule has 3 amide bonds. The highest BCUT2D eigenvalue weighted by Gasteiger charge is 2.22. The van der Waals surface area contributed by atoms with Crippen LogP contribution in [-0.4, -0.2) is 80.2 Å². The van der Waals surface area contributed by atoms with E-state index in [4.69, 9.17) is 0 Å². The predicted octanol–water partition coefficient (Wildman–Crippen LogP) is 2.68. The molecule has 3 heterocycles. The number of amides is 3. The highest BCUT2D eigenvalue weighted by Crippen LogP contribution is 2.31. The molecule has 0 fully saturated rings. The lowest BCUT2D eigenvalue weighted by atomic mass is 10.1. The van der Waals surface area contributed by atoms with Gasteiger partial charge in [-0.15, -0.1) is 5.10 Å². The van der Waals surface area contributed by atoms with Crippen molar-refractivity contribution in [1.82, 2.24) is 40.4 Å². The first-order chi connectivity index (χ1) is 20.3. The Kier molecular flexibility index (Phi) is 8.34. The van der Waals surface area contributed by atoms with Crippen LogP contribution in [0.4, 0.5) is 16.2 Å². The Hall–Kier alpha value is -5.37. The maximum atomic E-state index is 13.1. The second-order valence-corrected chi connectivity index (χ2v) is 9.84. The molecule has 2 bridgehead atoms. The van der Waals surface area contributed by atoms with Gasteiger partial charge in [0, 0.05) is 29.4 Å². The molecule has 0 radical (unpaired) electrons. The van der Waals surface area contributed by atoms with Gasteiger partial charge in [0.1, 0.15) is 12.2 Å². The van der Waals surface area contributed by atoms with Gasteiger partial charge in [-0.3, -0.25) is 19.8 Å². The van der Waals surface area contributed by atoms with E-state index in [9.17, 15) is 14.4 Å². The third-order valence-electron chi connectivity index (χ3n) is 6.66. The zero-order valence-electron chi connectivity index (χ0n) is 23.3. The number of rotatable bonds is 5. The molecule has 0 unspecified atom stereocenters. The van der Waals surface area contributed by atoms with Gasteiger partial charge in [0.15, 0.2) is 0 Å². The van der Waals surface area contributed by atoms with Crippen LogP contribution < -0.4 is 16.0 Å². The van der Waals surface area contributed by atoms with Crippen molar-refractivity contribution in [2.45, 2.75) is 19.4 Å². The van der Waals surface area contributed by atoms with E-state index in [1.165, 1.54) is 24.2 Å². The number of carbonyl (C=O) groups excluding carboxylic acids is 3. The van der Waals surface area contributed by atoms with E-state index >= 15 is 0 Å². The molecular formula is C28H30N10O4. The Balaban J connectivity index is 1.41. The van der Waals surface area contributed by atoms with Gasteiger partial charge in [-0.25, -0.2) is 9.78 Å². The van der Waals surface area contributed by atoms with E-state index in [0.29, 0.717) is 41.4 Å². The number of aromatic nitrogens is 6. The van der Waals surface area contributed by atoms with Crippen molar-refractivity contribution >= 4 is 35.4 Å². The molecule has 2 aromatic heterocycles. The molecule has 0 aliphatic carbocycles. The summed E-state index contributed by atoms with van der Waals surface area (Å²) in [6.07, 6.45) is 6.20. The lowest BCUT2D eigenvalue weighted by molar-refractivity contribution is -0.118. The molecule has 1 aliphatic heterocycles. The fourth-order valence-electron chi connectivity index (χ4n) is 4.59. The molecule has 42 heavy (non-hydrogen) atoms. The first-order valence-corrected chi connectivity index (χ1v) is 13.1. The number of aryl methyl sites for hydroxylation is 1. The average Bonchev–Trinajstić information content (AvgIpc) is 3.67. The van der Waals surface area contributed by atoms with Crippen molar-refractivity contribution in [2.75, 3.05) is 37.9 Å². The van der Waals surface area contributed by atoms with Crippen molar-refractivity contribution in [3.8, 4) is 16.9 Å². The number of methoxy groups -OCH3 is 1. The Labute approximate surface area is 241 Å². The molecule has 0 spiro atoms. The largest absolute Gasteiger partial charge is 0.453 e. The number of benzene rings is 2. The van der Waals surface area contributed by atoms with E-state index in [1.807, 2.05) is 37.1 Å². The summed E-state index contributed by atoms with van der Waals surface area (Å²) >= 11 is 0. The number of ether oxygens (including phenoxy) is 1. The number of fused-ring (bicyclic) bond motifs is 4. The number of nitrogens with one attached hydrogen (secondary N) is 4. The van der Waals surface area contributed by atoms with Gasteiger partial charge < -0.3 is 20.4 Å². The summed E-state index contributed by atoms with van der Waals surface area (Å²) in [5, 5.41) is 19.9. The van der Waals surface area contributed by atoms with Gasteiger partial charge in [-0.1, -0.05) is 11.6 Å². The smallest absolute Gasteiger partial charge is 0.411 e. The molecule has 216 valence electrons. The van der Waals surface area contributed by atoms with Gasteiger partial charge in [0.25, 0.3) is 0 Å². The normalized spacial score (nSPS) is 15.7. The molecule has 5 rings (SSSR count). The second-order valence-electron chi connectivity index (χ2n) is 9.84. The fraction of sp³-hybridized carbons (Fsp3) is 0.250. The van der Waals surface area contributed by atoms with Crippen molar-refractivity contribution in [1.29, 1.82) is 0 Å². The maximum Gasteiger partial charge on any atom is 0.411 e. The van der Waals surface area contributed by atoms with E-state index in [2.05, 4.69) is 46.2 Å². The van der Waals surface area contributed by atoms with Crippen molar-refractivity contribution in [3.63, 3.8) is 0 Å². The zero-order chi connectivity index (χ0) is 29.6. The van der Waals surface area contributed by atoms with Crippen LogP contribution in [0.3, 0.4) is 0 Å².